The van der Waals surface area contributed by atoms with Crippen molar-refractivity contribution >= 4 is 11.6 Å². The number of carbonyl (C=O) groups excluding carboxylic acids is 1. The second-order valence-electron chi connectivity index (χ2n) is 8.48. The van der Waals surface area contributed by atoms with Crippen molar-refractivity contribution in [3.63, 3.8) is 0 Å². The van der Waals surface area contributed by atoms with Crippen LogP contribution in [0.25, 0.3) is 0 Å². The van der Waals surface area contributed by atoms with Crippen LogP contribution in [-0.4, -0.2) is 55.5 Å². The highest BCUT2D eigenvalue weighted by atomic mass is 16.7. The lowest BCUT2D eigenvalue weighted by Crippen LogP contribution is -2.61. The third-order valence-corrected chi connectivity index (χ3v) is 6.48. The summed E-state index contributed by atoms with van der Waals surface area (Å²) in [5.74, 6) is 1.43. The van der Waals surface area contributed by atoms with Gasteiger partial charge in [0.15, 0.2) is 11.5 Å². The maximum Gasteiger partial charge on any atom is 0.255 e. The molecular weight excluding hydrogens is 380 g/mol. The number of fused-ring (bicyclic) bond motifs is 1. The van der Waals surface area contributed by atoms with Gasteiger partial charge in [-0.05, 0) is 43.9 Å². The monoisotopic (exact) mass is 408 g/mol. The number of amides is 1. The van der Waals surface area contributed by atoms with E-state index in [0.29, 0.717) is 12.3 Å². The number of carbonyl (C=O) groups is 1. The molecular formula is C24H28N2O4. The molecule has 1 unspecified atom stereocenters. The molecule has 6 heteroatoms. The van der Waals surface area contributed by atoms with E-state index in [9.17, 15) is 4.79 Å². The number of benzene rings is 2. The van der Waals surface area contributed by atoms with Gasteiger partial charge in [-0.2, -0.15) is 0 Å². The van der Waals surface area contributed by atoms with Crippen molar-refractivity contribution in [1.82, 2.24) is 4.90 Å². The van der Waals surface area contributed by atoms with Crippen LogP contribution in [0.15, 0.2) is 48.5 Å². The fraction of sp³-hybridized carbons (Fsp3) is 0.458. The third kappa shape index (κ3) is 3.77. The zero-order chi connectivity index (χ0) is 20.6. The molecule has 1 amide bonds. The molecule has 0 radical (unpaired) electrons. The van der Waals surface area contributed by atoms with Crippen molar-refractivity contribution in [2.75, 3.05) is 37.9 Å². The standard InChI is InChI=1S/C24H28N2O4/c1-18-23(27)26(20-7-8-21-22(15-20)29-17-28-21)16-24(30-18)10-13-25(14-11-24)12-9-19-5-3-2-4-6-19/h2-8,15,18H,9-14,16-17H2,1H3. The fourth-order valence-electron chi connectivity index (χ4n) is 4.71. The van der Waals surface area contributed by atoms with Gasteiger partial charge in [0.2, 0.25) is 6.79 Å². The van der Waals surface area contributed by atoms with Crippen LogP contribution >= 0.6 is 0 Å². The molecule has 0 aliphatic carbocycles. The molecule has 2 saturated heterocycles. The van der Waals surface area contributed by atoms with Crippen molar-refractivity contribution in [3.05, 3.63) is 54.1 Å². The normalized spacial score (nSPS) is 23.2. The molecule has 0 saturated carbocycles. The Labute approximate surface area is 177 Å². The molecule has 5 rings (SSSR count). The Morgan fingerprint density at radius 1 is 1.03 bits per heavy atom. The molecule has 2 fully saturated rings. The topological polar surface area (TPSA) is 51.2 Å². The minimum Gasteiger partial charge on any atom is -0.454 e. The number of anilines is 1. The van der Waals surface area contributed by atoms with E-state index in [-0.39, 0.29) is 18.3 Å². The Hall–Kier alpha value is -2.57. The Morgan fingerprint density at radius 2 is 1.80 bits per heavy atom. The van der Waals surface area contributed by atoms with Gasteiger partial charge in [0.05, 0.1) is 12.1 Å². The van der Waals surface area contributed by atoms with Gasteiger partial charge < -0.3 is 24.0 Å². The number of piperidine rings is 1. The number of rotatable bonds is 4. The smallest absolute Gasteiger partial charge is 0.255 e. The Kier molecular flexibility index (Phi) is 5.13. The van der Waals surface area contributed by atoms with E-state index in [1.165, 1.54) is 5.56 Å². The number of hydrogen-bond acceptors (Lipinski definition) is 5. The molecule has 30 heavy (non-hydrogen) atoms. The molecule has 2 aromatic carbocycles. The predicted octanol–water partition coefficient (Wildman–Crippen LogP) is 3.24. The minimum atomic E-state index is -0.444. The SMILES string of the molecule is CC1OC2(CCN(CCc3ccccc3)CC2)CN(c2ccc3c(c2)OCO3)C1=O. The van der Waals surface area contributed by atoms with E-state index in [1.54, 1.807) is 0 Å². The Bertz CT molecular complexity index is 909. The van der Waals surface area contributed by atoms with Crippen LogP contribution in [0.4, 0.5) is 5.69 Å². The number of ether oxygens (including phenoxy) is 3. The van der Waals surface area contributed by atoms with E-state index in [2.05, 4.69) is 35.2 Å². The lowest BCUT2D eigenvalue weighted by atomic mass is 9.88. The van der Waals surface area contributed by atoms with E-state index >= 15 is 0 Å². The Balaban J connectivity index is 1.25. The maximum absolute atomic E-state index is 12.9. The van der Waals surface area contributed by atoms with Crippen molar-refractivity contribution in [3.8, 4) is 11.5 Å². The molecule has 3 aliphatic rings. The van der Waals surface area contributed by atoms with Crippen molar-refractivity contribution in [2.45, 2.75) is 37.9 Å². The summed E-state index contributed by atoms with van der Waals surface area (Å²) in [7, 11) is 0. The average molecular weight is 408 g/mol. The van der Waals surface area contributed by atoms with Crippen molar-refractivity contribution in [1.29, 1.82) is 0 Å². The number of morpholine rings is 1. The molecule has 6 nitrogen and oxygen atoms in total. The third-order valence-electron chi connectivity index (χ3n) is 6.48. The van der Waals surface area contributed by atoms with E-state index in [4.69, 9.17) is 14.2 Å². The largest absolute Gasteiger partial charge is 0.454 e. The van der Waals surface area contributed by atoms with E-state index in [1.807, 2.05) is 30.0 Å². The summed E-state index contributed by atoms with van der Waals surface area (Å²) in [6, 6.07) is 16.3. The van der Waals surface area contributed by atoms with Gasteiger partial charge in [-0.3, -0.25) is 4.79 Å². The first-order valence-electron chi connectivity index (χ1n) is 10.8. The second-order valence-corrected chi connectivity index (χ2v) is 8.48. The highest BCUT2D eigenvalue weighted by Crippen LogP contribution is 2.39. The van der Waals surface area contributed by atoms with Gasteiger partial charge in [0.25, 0.3) is 5.91 Å². The average Bonchev–Trinajstić information content (AvgIpc) is 3.25. The quantitative estimate of drug-likeness (QED) is 0.777. The zero-order valence-corrected chi connectivity index (χ0v) is 17.4. The molecule has 0 aromatic heterocycles. The van der Waals surface area contributed by atoms with Gasteiger partial charge in [-0.1, -0.05) is 30.3 Å². The molecule has 3 aliphatic heterocycles. The Morgan fingerprint density at radius 3 is 2.60 bits per heavy atom. The summed E-state index contributed by atoms with van der Waals surface area (Å²) < 4.78 is 17.2. The summed E-state index contributed by atoms with van der Waals surface area (Å²) in [6.45, 7) is 5.72. The molecule has 0 bridgehead atoms. The van der Waals surface area contributed by atoms with Crippen LogP contribution in [-0.2, 0) is 16.0 Å². The lowest BCUT2D eigenvalue weighted by molar-refractivity contribution is -0.161. The first-order chi connectivity index (χ1) is 14.6. The molecule has 2 aromatic rings. The van der Waals surface area contributed by atoms with Crippen molar-refractivity contribution in [2.24, 2.45) is 0 Å². The van der Waals surface area contributed by atoms with Crippen LogP contribution in [0.1, 0.15) is 25.3 Å². The molecule has 1 spiro atoms. The van der Waals surface area contributed by atoms with Gasteiger partial charge in [0.1, 0.15) is 6.10 Å². The summed E-state index contributed by atoms with van der Waals surface area (Å²) in [4.78, 5) is 17.3. The second kappa shape index (κ2) is 7.93. The highest BCUT2D eigenvalue weighted by molar-refractivity contribution is 5.97. The van der Waals surface area contributed by atoms with Gasteiger partial charge in [-0.15, -0.1) is 0 Å². The molecule has 3 heterocycles. The van der Waals surface area contributed by atoms with Crippen LogP contribution < -0.4 is 14.4 Å². The highest BCUT2D eigenvalue weighted by Gasteiger charge is 2.45. The van der Waals surface area contributed by atoms with E-state index in [0.717, 1.165) is 50.3 Å². The summed E-state index contributed by atoms with van der Waals surface area (Å²) >= 11 is 0. The van der Waals surface area contributed by atoms with Gasteiger partial charge >= 0.3 is 0 Å². The first kappa shape index (κ1) is 19.4. The number of nitrogens with zero attached hydrogens (tertiary/aromatic N) is 2. The molecule has 1 atom stereocenters. The van der Waals surface area contributed by atoms with E-state index < -0.39 is 6.10 Å². The summed E-state index contributed by atoms with van der Waals surface area (Å²) in [6.07, 6.45) is 2.48. The maximum atomic E-state index is 12.9. The minimum absolute atomic E-state index is 0.00555. The van der Waals surface area contributed by atoms with Crippen molar-refractivity contribution < 1.29 is 19.0 Å². The lowest BCUT2D eigenvalue weighted by Gasteiger charge is -2.49. The number of hydrogen-bond donors (Lipinski definition) is 0. The number of likely N-dealkylation sites (tertiary alicyclic amines) is 1. The molecule has 158 valence electrons. The fourth-order valence-corrected chi connectivity index (χ4v) is 4.71. The van der Waals surface area contributed by atoms with Gasteiger partial charge in [-0.25, -0.2) is 0 Å². The van der Waals surface area contributed by atoms with Crippen LogP contribution in [0, 0.1) is 0 Å². The van der Waals surface area contributed by atoms with Gasteiger partial charge in [0, 0.05) is 31.4 Å². The van der Waals surface area contributed by atoms with Crippen LogP contribution in [0.5, 0.6) is 11.5 Å². The predicted molar refractivity (Wildman–Crippen MR) is 114 cm³/mol. The molecule has 0 N–H and O–H groups in total. The van der Waals surface area contributed by atoms with Crippen LogP contribution in [0.2, 0.25) is 0 Å². The van der Waals surface area contributed by atoms with Crippen LogP contribution in [0.3, 0.4) is 0 Å². The summed E-state index contributed by atoms with van der Waals surface area (Å²) in [5, 5.41) is 0. The zero-order valence-electron chi connectivity index (χ0n) is 17.4. The summed E-state index contributed by atoms with van der Waals surface area (Å²) in [5.41, 5.74) is 1.94. The first-order valence-corrected chi connectivity index (χ1v) is 10.8.